The Balaban J connectivity index is 2.68. The average molecular weight is 288 g/mol. The molecule has 0 spiro atoms. The van der Waals surface area contributed by atoms with Crippen LogP contribution in [0.25, 0.3) is 0 Å². The molecule has 3 nitrogen and oxygen atoms in total. The van der Waals surface area contributed by atoms with Crippen molar-refractivity contribution in [3.8, 4) is 0 Å². The van der Waals surface area contributed by atoms with Crippen LogP contribution in [0.2, 0.25) is 5.02 Å². The van der Waals surface area contributed by atoms with Gasteiger partial charge < -0.3 is 10.4 Å². The van der Waals surface area contributed by atoms with Crippen molar-refractivity contribution in [3.05, 3.63) is 28.8 Å². The van der Waals surface area contributed by atoms with Gasteiger partial charge in [-0.3, -0.25) is 0 Å². The number of rotatable bonds is 7. The molecule has 0 radical (unpaired) electrons. The highest BCUT2D eigenvalue weighted by Crippen LogP contribution is 2.22. The van der Waals surface area contributed by atoms with Gasteiger partial charge in [-0.2, -0.15) is 11.8 Å². The predicted octanol–water partition coefficient (Wildman–Crippen LogP) is 3.98. The molecule has 0 heterocycles. The molecule has 1 unspecified atom stereocenters. The molecular formula is C13H18ClNO2S. The van der Waals surface area contributed by atoms with Gasteiger partial charge in [-0.1, -0.05) is 18.5 Å². The first-order valence-corrected chi connectivity index (χ1v) is 7.45. The molecule has 0 amide bonds. The van der Waals surface area contributed by atoms with Crippen LogP contribution in [0.1, 0.15) is 30.6 Å². The second-order valence-corrected chi connectivity index (χ2v) is 5.86. The number of benzene rings is 1. The molecule has 1 atom stereocenters. The summed E-state index contributed by atoms with van der Waals surface area (Å²) in [5, 5.41) is 12.8. The first kappa shape index (κ1) is 15.2. The number of anilines is 1. The lowest BCUT2D eigenvalue weighted by molar-refractivity contribution is 0.0698. The minimum absolute atomic E-state index is 0.220. The fourth-order valence-electron chi connectivity index (χ4n) is 1.56. The van der Waals surface area contributed by atoms with E-state index >= 15 is 0 Å². The SMILES string of the molecule is CCSCCC(C)Nc1ccc(Cl)cc1C(=O)O. The van der Waals surface area contributed by atoms with Crippen LogP contribution in [0.3, 0.4) is 0 Å². The highest BCUT2D eigenvalue weighted by molar-refractivity contribution is 7.99. The standard InChI is InChI=1S/C13H18ClNO2S/c1-3-18-7-6-9(2)15-12-5-4-10(14)8-11(12)13(16)17/h4-5,8-9,15H,3,6-7H2,1-2H3,(H,16,17). The van der Waals surface area contributed by atoms with Gasteiger partial charge in [0, 0.05) is 16.8 Å². The summed E-state index contributed by atoms with van der Waals surface area (Å²) in [6.45, 7) is 4.18. The second-order valence-electron chi connectivity index (χ2n) is 4.03. The lowest BCUT2D eigenvalue weighted by atomic mass is 10.1. The Hall–Kier alpha value is -0.870. The number of carbonyl (C=O) groups is 1. The molecule has 1 rings (SSSR count). The number of halogens is 1. The summed E-state index contributed by atoms with van der Waals surface area (Å²) in [4.78, 5) is 11.1. The van der Waals surface area contributed by atoms with Crippen molar-refractivity contribution in [2.24, 2.45) is 0 Å². The van der Waals surface area contributed by atoms with E-state index in [-0.39, 0.29) is 11.6 Å². The lowest BCUT2D eigenvalue weighted by Gasteiger charge is -2.16. The van der Waals surface area contributed by atoms with Crippen LogP contribution in [0.5, 0.6) is 0 Å². The maximum atomic E-state index is 11.1. The number of carboxylic acids is 1. The third-order valence-electron chi connectivity index (χ3n) is 2.51. The van der Waals surface area contributed by atoms with Crippen molar-refractivity contribution < 1.29 is 9.90 Å². The molecular weight excluding hydrogens is 270 g/mol. The lowest BCUT2D eigenvalue weighted by Crippen LogP contribution is -2.18. The molecule has 0 aromatic heterocycles. The summed E-state index contributed by atoms with van der Waals surface area (Å²) in [6.07, 6.45) is 1.00. The molecule has 0 saturated carbocycles. The number of aromatic carboxylic acids is 1. The number of nitrogens with one attached hydrogen (secondary N) is 1. The Morgan fingerprint density at radius 1 is 1.56 bits per heavy atom. The molecule has 0 bridgehead atoms. The minimum atomic E-state index is -0.963. The normalized spacial score (nSPS) is 12.2. The molecule has 0 aliphatic rings. The number of hydrogen-bond acceptors (Lipinski definition) is 3. The Morgan fingerprint density at radius 3 is 2.89 bits per heavy atom. The van der Waals surface area contributed by atoms with Crippen LogP contribution < -0.4 is 5.32 Å². The number of carboxylic acid groups (broad SMARTS) is 1. The van der Waals surface area contributed by atoms with Crippen LogP contribution >= 0.6 is 23.4 Å². The third kappa shape index (κ3) is 4.78. The average Bonchev–Trinajstić information content (AvgIpc) is 2.31. The van der Waals surface area contributed by atoms with Crippen molar-refractivity contribution in [3.63, 3.8) is 0 Å². The largest absolute Gasteiger partial charge is 0.478 e. The van der Waals surface area contributed by atoms with Crippen molar-refractivity contribution >= 4 is 35.0 Å². The van der Waals surface area contributed by atoms with Crippen LogP contribution in [-0.4, -0.2) is 28.6 Å². The van der Waals surface area contributed by atoms with Gasteiger partial charge in [0.2, 0.25) is 0 Å². The van der Waals surface area contributed by atoms with Crippen LogP contribution in [0.15, 0.2) is 18.2 Å². The van der Waals surface area contributed by atoms with Crippen LogP contribution in [-0.2, 0) is 0 Å². The van der Waals surface area contributed by atoms with Crippen molar-refractivity contribution in [2.75, 3.05) is 16.8 Å². The van der Waals surface area contributed by atoms with E-state index < -0.39 is 5.97 Å². The van der Waals surface area contributed by atoms with E-state index in [0.29, 0.717) is 10.7 Å². The van der Waals surface area contributed by atoms with Gasteiger partial charge >= 0.3 is 5.97 Å². The monoisotopic (exact) mass is 287 g/mol. The minimum Gasteiger partial charge on any atom is -0.478 e. The van der Waals surface area contributed by atoms with Gasteiger partial charge in [-0.25, -0.2) is 4.79 Å². The maximum absolute atomic E-state index is 11.1. The molecule has 1 aromatic carbocycles. The van der Waals surface area contributed by atoms with Gasteiger partial charge in [-0.05, 0) is 43.0 Å². The van der Waals surface area contributed by atoms with Gasteiger partial charge in [-0.15, -0.1) is 0 Å². The topological polar surface area (TPSA) is 49.3 Å². The van der Waals surface area contributed by atoms with E-state index in [2.05, 4.69) is 19.2 Å². The Labute approximate surface area is 117 Å². The zero-order chi connectivity index (χ0) is 13.5. The summed E-state index contributed by atoms with van der Waals surface area (Å²) < 4.78 is 0. The molecule has 0 saturated heterocycles. The number of thioether (sulfide) groups is 1. The Kier molecular flexibility index (Phi) is 6.36. The predicted molar refractivity (Wildman–Crippen MR) is 79.1 cm³/mol. The van der Waals surface area contributed by atoms with E-state index in [1.807, 2.05) is 11.8 Å². The molecule has 0 aliphatic heterocycles. The number of hydrogen-bond donors (Lipinski definition) is 2. The molecule has 0 aliphatic carbocycles. The molecule has 0 fully saturated rings. The maximum Gasteiger partial charge on any atom is 0.337 e. The highest BCUT2D eigenvalue weighted by atomic mass is 35.5. The van der Waals surface area contributed by atoms with Crippen molar-refractivity contribution in [1.82, 2.24) is 0 Å². The first-order chi connectivity index (χ1) is 8.54. The van der Waals surface area contributed by atoms with Gasteiger partial charge in [0.25, 0.3) is 0 Å². The summed E-state index contributed by atoms with van der Waals surface area (Å²) in [6, 6.07) is 5.13. The van der Waals surface area contributed by atoms with E-state index in [9.17, 15) is 4.79 Å². The fraction of sp³-hybridized carbons (Fsp3) is 0.462. The third-order valence-corrected chi connectivity index (χ3v) is 3.68. The van der Waals surface area contributed by atoms with Gasteiger partial charge in [0.05, 0.1) is 5.56 Å². The second kappa shape index (κ2) is 7.54. The summed E-state index contributed by atoms with van der Waals surface area (Å²) in [5.41, 5.74) is 0.846. The summed E-state index contributed by atoms with van der Waals surface area (Å²) in [7, 11) is 0. The Morgan fingerprint density at radius 2 is 2.28 bits per heavy atom. The molecule has 1 aromatic rings. The molecule has 100 valence electrons. The van der Waals surface area contributed by atoms with E-state index in [1.165, 1.54) is 6.07 Å². The van der Waals surface area contributed by atoms with Gasteiger partial charge in [0.1, 0.15) is 0 Å². The zero-order valence-electron chi connectivity index (χ0n) is 10.6. The fourth-order valence-corrected chi connectivity index (χ4v) is 2.54. The van der Waals surface area contributed by atoms with Gasteiger partial charge in [0.15, 0.2) is 0 Å². The highest BCUT2D eigenvalue weighted by Gasteiger charge is 2.12. The summed E-state index contributed by atoms with van der Waals surface area (Å²) in [5.74, 6) is 1.21. The smallest absolute Gasteiger partial charge is 0.337 e. The van der Waals surface area contributed by atoms with Crippen molar-refractivity contribution in [2.45, 2.75) is 26.3 Å². The van der Waals surface area contributed by atoms with Crippen LogP contribution in [0.4, 0.5) is 5.69 Å². The Bertz CT molecular complexity index is 412. The van der Waals surface area contributed by atoms with E-state index in [4.69, 9.17) is 16.7 Å². The van der Waals surface area contributed by atoms with Crippen LogP contribution in [0, 0.1) is 0 Å². The zero-order valence-corrected chi connectivity index (χ0v) is 12.1. The van der Waals surface area contributed by atoms with E-state index in [1.54, 1.807) is 12.1 Å². The summed E-state index contributed by atoms with van der Waals surface area (Å²) >= 11 is 7.69. The van der Waals surface area contributed by atoms with E-state index in [0.717, 1.165) is 17.9 Å². The molecule has 18 heavy (non-hydrogen) atoms. The quantitative estimate of drug-likeness (QED) is 0.745. The van der Waals surface area contributed by atoms with Crippen molar-refractivity contribution in [1.29, 1.82) is 0 Å². The first-order valence-electron chi connectivity index (χ1n) is 5.91. The molecule has 5 heteroatoms. The molecule has 2 N–H and O–H groups in total.